The van der Waals surface area contributed by atoms with Crippen LogP contribution < -0.4 is 10.6 Å². The number of carbonyl (C=O) groups excluding carboxylic acids is 1. The topological polar surface area (TPSA) is 102 Å². The van der Waals surface area contributed by atoms with Gasteiger partial charge in [0.25, 0.3) is 0 Å². The number of benzene rings is 1. The van der Waals surface area contributed by atoms with Gasteiger partial charge >= 0.3 is 0 Å². The molecular formula is C22H32N4O4S. The van der Waals surface area contributed by atoms with Crippen LogP contribution in [-0.4, -0.2) is 85.8 Å². The van der Waals surface area contributed by atoms with Crippen LogP contribution in [0.2, 0.25) is 0 Å². The van der Waals surface area contributed by atoms with E-state index in [0.717, 1.165) is 48.8 Å². The van der Waals surface area contributed by atoms with Gasteiger partial charge in [0.2, 0.25) is 15.9 Å². The first-order chi connectivity index (χ1) is 14.7. The van der Waals surface area contributed by atoms with Crippen molar-refractivity contribution in [2.24, 2.45) is 0 Å². The molecule has 1 aromatic carbocycles. The molecule has 1 amide bonds. The van der Waals surface area contributed by atoms with Gasteiger partial charge in [-0.25, -0.2) is 12.7 Å². The van der Waals surface area contributed by atoms with Crippen molar-refractivity contribution in [3.05, 3.63) is 35.4 Å². The molecule has 2 fully saturated rings. The first kappa shape index (κ1) is 22.3. The number of aliphatic hydroxyl groups excluding tert-OH is 1. The van der Waals surface area contributed by atoms with Crippen LogP contribution in [0.25, 0.3) is 6.08 Å². The summed E-state index contributed by atoms with van der Waals surface area (Å²) in [5.41, 5.74) is 2.82. The number of fused-ring (bicyclic) bond motifs is 3. The molecule has 3 N–H and O–H groups in total. The third kappa shape index (κ3) is 5.11. The van der Waals surface area contributed by atoms with E-state index in [1.165, 1.54) is 11.4 Å². The highest BCUT2D eigenvalue weighted by atomic mass is 32.2. The Hall–Kier alpha value is -1.94. The Bertz CT molecular complexity index is 950. The number of anilines is 1. The molecule has 4 rings (SSSR count). The molecule has 3 aliphatic rings. The van der Waals surface area contributed by atoms with E-state index < -0.39 is 16.1 Å². The van der Waals surface area contributed by atoms with Gasteiger partial charge in [-0.15, -0.1) is 0 Å². The van der Waals surface area contributed by atoms with Crippen LogP contribution in [0.5, 0.6) is 0 Å². The number of para-hydroxylation sites is 1. The molecule has 1 aromatic rings. The Morgan fingerprint density at radius 2 is 1.97 bits per heavy atom. The number of amides is 1. The molecule has 31 heavy (non-hydrogen) atoms. The highest BCUT2D eigenvalue weighted by Crippen LogP contribution is 2.36. The monoisotopic (exact) mass is 448 g/mol. The van der Waals surface area contributed by atoms with Crippen molar-refractivity contribution in [1.29, 1.82) is 0 Å². The number of hydrogen-bond donors (Lipinski definition) is 3. The largest absolute Gasteiger partial charge is 0.390 e. The van der Waals surface area contributed by atoms with Crippen LogP contribution >= 0.6 is 0 Å². The predicted molar refractivity (Wildman–Crippen MR) is 121 cm³/mol. The normalized spacial score (nSPS) is 26.7. The van der Waals surface area contributed by atoms with Crippen molar-refractivity contribution in [1.82, 2.24) is 14.5 Å². The summed E-state index contributed by atoms with van der Waals surface area (Å²) in [7, 11) is -1.82. The number of hydrogen-bond acceptors (Lipinski definition) is 6. The fourth-order valence-electron chi connectivity index (χ4n) is 5.06. The van der Waals surface area contributed by atoms with Gasteiger partial charge < -0.3 is 15.7 Å². The highest BCUT2D eigenvalue weighted by molar-refractivity contribution is 7.88. The van der Waals surface area contributed by atoms with Gasteiger partial charge in [-0.1, -0.05) is 18.2 Å². The van der Waals surface area contributed by atoms with Gasteiger partial charge in [0.15, 0.2) is 0 Å². The number of rotatable bonds is 7. The summed E-state index contributed by atoms with van der Waals surface area (Å²) in [5.74, 6) is -0.0188. The summed E-state index contributed by atoms with van der Waals surface area (Å²) in [6, 6.07) is 8.69. The van der Waals surface area contributed by atoms with Gasteiger partial charge in [0.05, 0.1) is 12.4 Å². The Labute approximate surface area is 184 Å². The zero-order chi connectivity index (χ0) is 22.2. The first-order valence-corrected chi connectivity index (χ1v) is 12.7. The maximum Gasteiger partial charge on any atom is 0.249 e. The summed E-state index contributed by atoms with van der Waals surface area (Å²) in [6.07, 6.45) is 6.18. The second kappa shape index (κ2) is 8.90. The van der Waals surface area contributed by atoms with Crippen molar-refractivity contribution in [2.45, 2.75) is 49.9 Å². The van der Waals surface area contributed by atoms with Crippen LogP contribution in [0.1, 0.15) is 31.2 Å². The number of likely N-dealkylation sites (N-methyl/N-ethyl adjacent to an activating group) is 1. The Morgan fingerprint density at radius 1 is 1.29 bits per heavy atom. The number of sulfonamides is 1. The Kier molecular flexibility index (Phi) is 6.39. The van der Waals surface area contributed by atoms with Crippen LogP contribution in [0.3, 0.4) is 0 Å². The van der Waals surface area contributed by atoms with Gasteiger partial charge in [0, 0.05) is 56.1 Å². The molecule has 2 bridgehead atoms. The number of piperidine rings is 1. The van der Waals surface area contributed by atoms with Crippen molar-refractivity contribution in [3.8, 4) is 0 Å². The minimum absolute atomic E-state index is 0.0188. The molecule has 2 saturated heterocycles. The molecule has 3 aliphatic heterocycles. The molecular weight excluding hydrogens is 416 g/mol. The second-order valence-electron chi connectivity index (χ2n) is 9.03. The SMILES string of the molecule is CN(C[C@H](O)CN1C2CCC1CC(NC(=O)C1=Cc3ccccc3NC1)C2)S(C)(=O)=O. The van der Waals surface area contributed by atoms with Crippen molar-refractivity contribution >= 4 is 27.7 Å². The molecule has 9 heteroatoms. The molecule has 3 atom stereocenters. The maximum atomic E-state index is 12.8. The summed E-state index contributed by atoms with van der Waals surface area (Å²) >= 11 is 0. The molecule has 2 unspecified atom stereocenters. The maximum absolute atomic E-state index is 12.8. The molecule has 170 valence electrons. The predicted octanol–water partition coefficient (Wildman–Crippen LogP) is 0.859. The zero-order valence-corrected chi connectivity index (χ0v) is 18.9. The molecule has 0 saturated carbocycles. The average molecular weight is 449 g/mol. The van der Waals surface area contributed by atoms with Crippen LogP contribution in [-0.2, 0) is 14.8 Å². The summed E-state index contributed by atoms with van der Waals surface area (Å²) in [4.78, 5) is 15.2. The zero-order valence-electron chi connectivity index (χ0n) is 18.1. The molecule has 3 heterocycles. The van der Waals surface area contributed by atoms with E-state index >= 15 is 0 Å². The number of carbonyl (C=O) groups is 1. The number of nitrogens with zero attached hydrogens (tertiary/aromatic N) is 2. The lowest BCUT2D eigenvalue weighted by Gasteiger charge is -2.40. The van der Waals surface area contributed by atoms with Gasteiger partial charge in [0.1, 0.15) is 0 Å². The minimum atomic E-state index is -3.30. The van der Waals surface area contributed by atoms with E-state index in [-0.39, 0.29) is 18.5 Å². The van der Waals surface area contributed by atoms with Crippen molar-refractivity contribution in [2.75, 3.05) is 38.3 Å². The quantitative estimate of drug-likeness (QED) is 0.572. The molecule has 0 radical (unpaired) electrons. The molecule has 0 aromatic heterocycles. The van der Waals surface area contributed by atoms with Crippen LogP contribution in [0.4, 0.5) is 5.69 Å². The smallest absolute Gasteiger partial charge is 0.249 e. The van der Waals surface area contributed by atoms with Gasteiger partial charge in [-0.05, 0) is 43.4 Å². The lowest BCUT2D eigenvalue weighted by atomic mass is 9.96. The summed E-state index contributed by atoms with van der Waals surface area (Å²) in [5, 5.41) is 17.0. The Morgan fingerprint density at radius 3 is 2.65 bits per heavy atom. The second-order valence-corrected chi connectivity index (χ2v) is 11.1. The van der Waals surface area contributed by atoms with E-state index in [1.807, 2.05) is 30.3 Å². The lowest BCUT2D eigenvalue weighted by Crippen LogP contribution is -2.53. The number of nitrogens with one attached hydrogen (secondary N) is 2. The van der Waals surface area contributed by atoms with E-state index in [4.69, 9.17) is 0 Å². The third-order valence-corrected chi connectivity index (χ3v) is 8.01. The fourth-order valence-corrected chi connectivity index (χ4v) is 5.50. The average Bonchev–Trinajstić information content (AvgIpc) is 2.94. The fraction of sp³-hybridized carbons (Fsp3) is 0.591. The Balaban J connectivity index is 1.32. The first-order valence-electron chi connectivity index (χ1n) is 10.9. The minimum Gasteiger partial charge on any atom is -0.390 e. The van der Waals surface area contributed by atoms with E-state index in [9.17, 15) is 18.3 Å². The van der Waals surface area contributed by atoms with E-state index in [2.05, 4.69) is 15.5 Å². The highest BCUT2D eigenvalue weighted by Gasteiger charge is 2.42. The van der Waals surface area contributed by atoms with Gasteiger partial charge in [-0.3, -0.25) is 9.69 Å². The number of aliphatic hydroxyl groups is 1. The van der Waals surface area contributed by atoms with E-state index in [0.29, 0.717) is 25.2 Å². The van der Waals surface area contributed by atoms with Crippen LogP contribution in [0.15, 0.2) is 29.8 Å². The van der Waals surface area contributed by atoms with Crippen LogP contribution in [0, 0.1) is 0 Å². The molecule has 0 spiro atoms. The van der Waals surface area contributed by atoms with E-state index in [1.54, 1.807) is 0 Å². The molecule has 0 aliphatic carbocycles. The van der Waals surface area contributed by atoms with Crippen molar-refractivity contribution < 1.29 is 18.3 Å². The standard InChI is InChI=1S/C22H32N4O4S/c1-25(31(2,29)30)13-20(27)14-26-18-7-8-19(26)11-17(10-18)24-22(28)16-9-15-5-3-4-6-21(15)23-12-16/h3-6,9,17-20,23,27H,7-8,10-14H2,1-2H3,(H,24,28)/t17?,18?,19?,20-/m0/s1. The van der Waals surface area contributed by atoms with Crippen molar-refractivity contribution in [3.63, 3.8) is 0 Å². The third-order valence-electron chi connectivity index (χ3n) is 6.73. The summed E-state index contributed by atoms with van der Waals surface area (Å²) in [6.45, 7) is 1.08. The lowest BCUT2D eigenvalue weighted by molar-refractivity contribution is -0.118. The summed E-state index contributed by atoms with van der Waals surface area (Å²) < 4.78 is 24.4. The van der Waals surface area contributed by atoms with Gasteiger partial charge in [-0.2, -0.15) is 0 Å². The molecule has 8 nitrogen and oxygen atoms in total.